The highest BCUT2D eigenvalue weighted by molar-refractivity contribution is 7.89. The number of rotatable bonds is 3. The van der Waals surface area contributed by atoms with Gasteiger partial charge < -0.3 is 9.64 Å². The van der Waals surface area contributed by atoms with Crippen molar-refractivity contribution in [2.75, 3.05) is 39.4 Å². The predicted molar refractivity (Wildman–Crippen MR) is 86.8 cm³/mol. The van der Waals surface area contributed by atoms with Crippen LogP contribution in [0.25, 0.3) is 0 Å². The lowest BCUT2D eigenvalue weighted by Crippen LogP contribution is -2.49. The van der Waals surface area contributed by atoms with Gasteiger partial charge in [-0.3, -0.25) is 9.48 Å². The third kappa shape index (κ3) is 3.20. The Morgan fingerprint density at radius 1 is 1.29 bits per heavy atom. The summed E-state index contributed by atoms with van der Waals surface area (Å²) in [7, 11) is -1.90. The minimum atomic E-state index is -3.61. The molecule has 8 nitrogen and oxygen atoms in total. The van der Waals surface area contributed by atoms with Crippen molar-refractivity contribution in [3.63, 3.8) is 0 Å². The van der Waals surface area contributed by atoms with E-state index in [1.165, 1.54) is 10.5 Å². The van der Waals surface area contributed by atoms with Crippen molar-refractivity contribution in [2.24, 2.45) is 13.0 Å². The van der Waals surface area contributed by atoms with Crippen molar-refractivity contribution in [2.45, 2.75) is 24.7 Å². The number of carbonyl (C=O) groups is 1. The molecule has 3 rings (SSSR count). The number of carbonyl (C=O) groups excluding carboxylic acids is 1. The van der Waals surface area contributed by atoms with Crippen LogP contribution in [0.5, 0.6) is 0 Å². The molecule has 1 aromatic heterocycles. The van der Waals surface area contributed by atoms with E-state index in [1.54, 1.807) is 23.6 Å². The lowest BCUT2D eigenvalue weighted by Gasteiger charge is -2.35. The van der Waals surface area contributed by atoms with Crippen molar-refractivity contribution in [3.8, 4) is 0 Å². The number of ether oxygens (including phenoxy) is 1. The van der Waals surface area contributed by atoms with Crippen molar-refractivity contribution < 1.29 is 17.9 Å². The molecule has 1 aromatic rings. The molecular formula is C15H24N4O4S. The summed E-state index contributed by atoms with van der Waals surface area (Å²) in [5.41, 5.74) is 0.608. The van der Waals surface area contributed by atoms with E-state index < -0.39 is 10.0 Å². The SMILES string of the molecule is Cc1c(S(=O)(=O)N2CCC[C@H](C(=O)N3CCOCC3)C2)cnn1C. The van der Waals surface area contributed by atoms with E-state index in [9.17, 15) is 13.2 Å². The summed E-state index contributed by atoms with van der Waals surface area (Å²) in [4.78, 5) is 14.7. The van der Waals surface area contributed by atoms with Gasteiger partial charge in [0.2, 0.25) is 15.9 Å². The molecule has 3 heterocycles. The molecular weight excluding hydrogens is 332 g/mol. The van der Waals surface area contributed by atoms with Gasteiger partial charge >= 0.3 is 0 Å². The molecule has 0 unspecified atom stereocenters. The van der Waals surface area contributed by atoms with Crippen molar-refractivity contribution >= 4 is 15.9 Å². The van der Waals surface area contributed by atoms with Crippen LogP contribution in [0.2, 0.25) is 0 Å². The van der Waals surface area contributed by atoms with Gasteiger partial charge in [0.25, 0.3) is 0 Å². The molecule has 0 aromatic carbocycles. The van der Waals surface area contributed by atoms with Crippen LogP contribution >= 0.6 is 0 Å². The highest BCUT2D eigenvalue weighted by Crippen LogP contribution is 2.26. The second kappa shape index (κ2) is 6.81. The van der Waals surface area contributed by atoms with Crippen molar-refractivity contribution in [1.29, 1.82) is 0 Å². The molecule has 24 heavy (non-hydrogen) atoms. The summed E-state index contributed by atoms with van der Waals surface area (Å²) in [5, 5.41) is 4.03. The molecule has 0 spiro atoms. The van der Waals surface area contributed by atoms with Gasteiger partial charge in [-0.25, -0.2) is 8.42 Å². The summed E-state index contributed by atoms with van der Waals surface area (Å²) >= 11 is 0. The third-order valence-electron chi connectivity index (χ3n) is 4.86. The van der Waals surface area contributed by atoms with Gasteiger partial charge in [0.15, 0.2) is 0 Å². The van der Waals surface area contributed by atoms with Gasteiger partial charge in [-0.15, -0.1) is 0 Å². The number of aromatic nitrogens is 2. The lowest BCUT2D eigenvalue weighted by atomic mass is 9.98. The first-order valence-electron chi connectivity index (χ1n) is 8.26. The van der Waals surface area contributed by atoms with Gasteiger partial charge in [0.05, 0.1) is 31.0 Å². The zero-order valence-electron chi connectivity index (χ0n) is 14.1. The van der Waals surface area contributed by atoms with E-state index >= 15 is 0 Å². The van der Waals surface area contributed by atoms with Crippen LogP contribution in [0.4, 0.5) is 0 Å². The minimum absolute atomic E-state index is 0.0427. The molecule has 134 valence electrons. The first kappa shape index (κ1) is 17.4. The largest absolute Gasteiger partial charge is 0.378 e. The Kier molecular flexibility index (Phi) is 4.93. The summed E-state index contributed by atoms with van der Waals surface area (Å²) in [6.07, 6.45) is 2.81. The molecule has 2 fully saturated rings. The van der Waals surface area contributed by atoms with E-state index in [0.717, 1.165) is 6.42 Å². The fourth-order valence-electron chi connectivity index (χ4n) is 3.28. The topological polar surface area (TPSA) is 84.7 Å². The van der Waals surface area contributed by atoms with Crippen molar-refractivity contribution in [3.05, 3.63) is 11.9 Å². The molecule has 0 N–H and O–H groups in total. The Morgan fingerprint density at radius 3 is 2.62 bits per heavy atom. The van der Waals surface area contributed by atoms with E-state index in [-0.39, 0.29) is 23.3 Å². The average molecular weight is 356 g/mol. The quantitative estimate of drug-likeness (QED) is 0.760. The summed E-state index contributed by atoms with van der Waals surface area (Å²) in [6.45, 7) is 4.70. The second-order valence-electron chi connectivity index (χ2n) is 6.36. The predicted octanol–water partition coefficient (Wildman–Crippen LogP) is -0.0120. The molecule has 2 aliphatic heterocycles. The summed E-state index contributed by atoms with van der Waals surface area (Å²) < 4.78 is 34.0. The zero-order valence-corrected chi connectivity index (χ0v) is 15.0. The summed E-state index contributed by atoms with van der Waals surface area (Å²) in [5.74, 6) is -0.232. The van der Waals surface area contributed by atoms with Crippen LogP contribution in [-0.2, 0) is 26.6 Å². The average Bonchev–Trinajstić information content (AvgIpc) is 2.95. The maximum Gasteiger partial charge on any atom is 0.246 e. The van der Waals surface area contributed by atoms with Gasteiger partial charge in [-0.1, -0.05) is 0 Å². The minimum Gasteiger partial charge on any atom is -0.378 e. The third-order valence-corrected chi connectivity index (χ3v) is 6.83. The number of amides is 1. The first-order valence-corrected chi connectivity index (χ1v) is 9.70. The highest BCUT2D eigenvalue weighted by atomic mass is 32.2. The number of aryl methyl sites for hydroxylation is 1. The second-order valence-corrected chi connectivity index (χ2v) is 8.26. The number of sulfonamides is 1. The van der Waals surface area contributed by atoms with E-state index in [1.807, 2.05) is 0 Å². The Hall–Kier alpha value is -1.45. The molecule has 0 bridgehead atoms. The van der Waals surface area contributed by atoms with E-state index in [0.29, 0.717) is 45.0 Å². The standard InChI is InChI=1S/C15H24N4O4S/c1-12-14(10-16-17(12)2)24(21,22)19-5-3-4-13(11-19)15(20)18-6-8-23-9-7-18/h10,13H,3-9,11H2,1-2H3/t13-/m0/s1. The molecule has 2 saturated heterocycles. The lowest BCUT2D eigenvalue weighted by molar-refractivity contribution is -0.140. The Labute approximate surface area is 142 Å². The fourth-order valence-corrected chi connectivity index (χ4v) is 4.98. The van der Waals surface area contributed by atoms with E-state index in [2.05, 4.69) is 5.10 Å². The van der Waals surface area contributed by atoms with Gasteiger partial charge in [0.1, 0.15) is 4.90 Å². The van der Waals surface area contributed by atoms with Crippen LogP contribution < -0.4 is 0 Å². The number of hydrogen-bond acceptors (Lipinski definition) is 5. The molecule has 2 aliphatic rings. The van der Waals surface area contributed by atoms with Crippen LogP contribution in [0.1, 0.15) is 18.5 Å². The normalized spacial score (nSPS) is 23.4. The smallest absolute Gasteiger partial charge is 0.246 e. The molecule has 0 aliphatic carbocycles. The van der Waals surface area contributed by atoms with E-state index in [4.69, 9.17) is 4.74 Å². The maximum atomic E-state index is 12.9. The van der Waals surface area contributed by atoms with Gasteiger partial charge in [-0.2, -0.15) is 9.40 Å². The maximum absolute atomic E-state index is 12.9. The molecule has 0 saturated carbocycles. The van der Waals surface area contributed by atoms with Crippen LogP contribution in [0.15, 0.2) is 11.1 Å². The fraction of sp³-hybridized carbons (Fsp3) is 0.733. The number of piperidine rings is 1. The molecule has 1 atom stereocenters. The molecule has 1 amide bonds. The van der Waals surface area contributed by atoms with Gasteiger partial charge in [-0.05, 0) is 19.8 Å². The monoisotopic (exact) mass is 356 g/mol. The Balaban J connectivity index is 1.75. The number of nitrogens with zero attached hydrogens (tertiary/aromatic N) is 4. The van der Waals surface area contributed by atoms with Crippen LogP contribution in [-0.4, -0.2) is 72.7 Å². The Morgan fingerprint density at radius 2 is 2.00 bits per heavy atom. The molecule has 9 heteroatoms. The molecule has 0 radical (unpaired) electrons. The van der Waals surface area contributed by atoms with Crippen LogP contribution in [0.3, 0.4) is 0 Å². The highest BCUT2D eigenvalue weighted by Gasteiger charge is 2.36. The Bertz CT molecular complexity index is 709. The number of morpholine rings is 1. The zero-order chi connectivity index (χ0) is 17.3. The summed E-state index contributed by atoms with van der Waals surface area (Å²) in [6, 6.07) is 0. The van der Waals surface area contributed by atoms with Crippen molar-refractivity contribution in [1.82, 2.24) is 19.0 Å². The first-order chi connectivity index (χ1) is 11.4. The number of hydrogen-bond donors (Lipinski definition) is 0. The van der Waals surface area contributed by atoms with Crippen LogP contribution in [0, 0.1) is 12.8 Å². The van der Waals surface area contributed by atoms with Gasteiger partial charge in [0, 0.05) is 33.2 Å².